The zero-order valence-corrected chi connectivity index (χ0v) is 12.4. The Bertz CT molecular complexity index is 705. The Morgan fingerprint density at radius 1 is 1.26 bits per heavy atom. The fraction of sp³-hybridized carbons (Fsp3) is 0.0714. The summed E-state index contributed by atoms with van der Waals surface area (Å²) in [5.41, 5.74) is 4.97. The Balaban J connectivity index is 2.16. The molecule has 96 valence electrons. The van der Waals surface area contributed by atoms with Crippen LogP contribution in [0.25, 0.3) is 10.9 Å². The number of hydrazine groups is 1. The lowest BCUT2D eigenvalue weighted by Gasteiger charge is -2.16. The molecule has 0 spiro atoms. The van der Waals surface area contributed by atoms with E-state index in [1.165, 1.54) is 0 Å². The Kier molecular flexibility index (Phi) is 3.61. The number of hydrogen-bond donors (Lipinski definition) is 2. The minimum Gasteiger partial charge on any atom is -0.271 e. The van der Waals surface area contributed by atoms with Crippen molar-refractivity contribution in [3.05, 3.63) is 62.9 Å². The summed E-state index contributed by atoms with van der Waals surface area (Å²) in [4.78, 5) is 5.64. The lowest BCUT2D eigenvalue weighted by atomic mass is 10.0. The summed E-state index contributed by atoms with van der Waals surface area (Å²) in [6.07, 6.45) is 1.81. The standard InChI is InChI=1S/C14H12BrN3S/c15-10-7-12(19-8-10)14(18-16)11-5-1-3-9-4-2-6-17-13(9)11/h1-8,14,18H,16H2. The molecular formula is C14H12BrN3S. The average Bonchev–Trinajstić information content (AvgIpc) is 2.86. The summed E-state index contributed by atoms with van der Waals surface area (Å²) >= 11 is 5.15. The maximum Gasteiger partial charge on any atom is 0.0823 e. The molecule has 5 heteroatoms. The first-order chi connectivity index (χ1) is 9.29. The van der Waals surface area contributed by atoms with E-state index >= 15 is 0 Å². The molecule has 2 aromatic heterocycles. The van der Waals surface area contributed by atoms with E-state index in [2.05, 4.69) is 56.0 Å². The van der Waals surface area contributed by atoms with Crippen LogP contribution in [0.5, 0.6) is 0 Å². The Hall–Kier alpha value is -1.27. The van der Waals surface area contributed by atoms with E-state index in [9.17, 15) is 0 Å². The van der Waals surface area contributed by atoms with Gasteiger partial charge in [0.25, 0.3) is 0 Å². The first kappa shape index (κ1) is 12.7. The molecule has 1 aromatic carbocycles. The number of nitrogens with one attached hydrogen (secondary N) is 1. The van der Waals surface area contributed by atoms with Gasteiger partial charge in [-0.05, 0) is 28.1 Å². The average molecular weight is 334 g/mol. The Morgan fingerprint density at radius 3 is 2.84 bits per heavy atom. The van der Waals surface area contributed by atoms with Crippen molar-refractivity contribution >= 4 is 38.2 Å². The number of hydrogen-bond acceptors (Lipinski definition) is 4. The maximum absolute atomic E-state index is 5.75. The summed E-state index contributed by atoms with van der Waals surface area (Å²) in [5, 5.41) is 3.17. The molecule has 0 bridgehead atoms. The van der Waals surface area contributed by atoms with Crippen LogP contribution in [0.15, 0.2) is 52.4 Å². The van der Waals surface area contributed by atoms with Crippen LogP contribution in [-0.2, 0) is 0 Å². The number of thiophene rings is 1. The fourth-order valence-electron chi connectivity index (χ4n) is 2.17. The van der Waals surface area contributed by atoms with Crippen molar-refractivity contribution in [1.82, 2.24) is 10.4 Å². The molecule has 3 rings (SSSR count). The molecule has 0 amide bonds. The van der Waals surface area contributed by atoms with E-state index in [-0.39, 0.29) is 6.04 Å². The van der Waals surface area contributed by atoms with E-state index in [0.717, 1.165) is 25.8 Å². The highest BCUT2D eigenvalue weighted by Gasteiger charge is 2.17. The molecule has 0 aliphatic carbocycles. The summed E-state index contributed by atoms with van der Waals surface area (Å²) in [5.74, 6) is 5.75. The molecule has 3 nitrogen and oxygen atoms in total. The predicted octanol–water partition coefficient (Wildman–Crippen LogP) is 3.61. The second kappa shape index (κ2) is 5.38. The van der Waals surface area contributed by atoms with Crippen LogP contribution in [0.1, 0.15) is 16.5 Å². The third-order valence-electron chi connectivity index (χ3n) is 3.01. The molecule has 0 radical (unpaired) electrons. The molecule has 0 aliphatic heterocycles. The van der Waals surface area contributed by atoms with Gasteiger partial charge in [0, 0.05) is 31.9 Å². The van der Waals surface area contributed by atoms with Crippen LogP contribution >= 0.6 is 27.3 Å². The second-order valence-electron chi connectivity index (χ2n) is 4.19. The predicted molar refractivity (Wildman–Crippen MR) is 82.9 cm³/mol. The van der Waals surface area contributed by atoms with E-state index in [4.69, 9.17) is 5.84 Å². The minimum atomic E-state index is -0.0464. The smallest absolute Gasteiger partial charge is 0.0823 e. The molecule has 19 heavy (non-hydrogen) atoms. The minimum absolute atomic E-state index is 0.0464. The number of halogens is 1. The summed E-state index contributed by atoms with van der Waals surface area (Å²) in [7, 11) is 0. The van der Waals surface area contributed by atoms with Crippen molar-refractivity contribution in [3.8, 4) is 0 Å². The molecule has 0 aliphatic rings. The first-order valence-corrected chi connectivity index (χ1v) is 7.50. The lowest BCUT2D eigenvalue weighted by Crippen LogP contribution is -2.28. The highest BCUT2D eigenvalue weighted by molar-refractivity contribution is 9.10. The van der Waals surface area contributed by atoms with Crippen molar-refractivity contribution in [2.24, 2.45) is 5.84 Å². The number of aromatic nitrogens is 1. The van der Waals surface area contributed by atoms with E-state index in [1.54, 1.807) is 11.3 Å². The van der Waals surface area contributed by atoms with Gasteiger partial charge >= 0.3 is 0 Å². The van der Waals surface area contributed by atoms with Crippen LogP contribution in [0, 0.1) is 0 Å². The van der Waals surface area contributed by atoms with Gasteiger partial charge in [-0.2, -0.15) is 0 Å². The quantitative estimate of drug-likeness (QED) is 0.568. The Morgan fingerprint density at radius 2 is 2.11 bits per heavy atom. The van der Waals surface area contributed by atoms with Crippen LogP contribution in [0.4, 0.5) is 0 Å². The molecule has 1 atom stereocenters. The third kappa shape index (κ3) is 2.42. The van der Waals surface area contributed by atoms with Gasteiger partial charge in [-0.15, -0.1) is 11.3 Å². The molecule has 0 fully saturated rings. The Labute approximate surface area is 123 Å². The third-order valence-corrected chi connectivity index (χ3v) is 4.77. The number of pyridine rings is 1. The van der Waals surface area contributed by atoms with Gasteiger partial charge in [-0.1, -0.05) is 24.3 Å². The SMILES string of the molecule is NNC(c1cc(Br)cs1)c1cccc2cccnc12. The molecule has 0 saturated carbocycles. The van der Waals surface area contributed by atoms with Gasteiger partial charge < -0.3 is 0 Å². The molecular weight excluding hydrogens is 322 g/mol. The van der Waals surface area contributed by atoms with Crippen molar-refractivity contribution in [2.75, 3.05) is 0 Å². The van der Waals surface area contributed by atoms with Crippen LogP contribution < -0.4 is 11.3 Å². The number of nitrogens with two attached hydrogens (primary N) is 1. The summed E-state index contributed by atoms with van der Waals surface area (Å²) < 4.78 is 1.07. The highest BCUT2D eigenvalue weighted by atomic mass is 79.9. The van der Waals surface area contributed by atoms with Gasteiger partial charge in [0.15, 0.2) is 0 Å². The van der Waals surface area contributed by atoms with E-state index < -0.39 is 0 Å². The number of fused-ring (bicyclic) bond motifs is 1. The van der Waals surface area contributed by atoms with Crippen molar-refractivity contribution in [3.63, 3.8) is 0 Å². The largest absolute Gasteiger partial charge is 0.271 e. The van der Waals surface area contributed by atoms with Gasteiger partial charge in [-0.25, -0.2) is 5.43 Å². The summed E-state index contributed by atoms with van der Waals surface area (Å²) in [6.45, 7) is 0. The zero-order chi connectivity index (χ0) is 13.2. The van der Waals surface area contributed by atoms with Crippen molar-refractivity contribution in [1.29, 1.82) is 0 Å². The fourth-order valence-corrected chi connectivity index (χ4v) is 3.69. The second-order valence-corrected chi connectivity index (χ2v) is 6.05. The van der Waals surface area contributed by atoms with Gasteiger partial charge in [-0.3, -0.25) is 10.8 Å². The van der Waals surface area contributed by atoms with E-state index in [1.807, 2.05) is 18.3 Å². The zero-order valence-electron chi connectivity index (χ0n) is 10.0. The first-order valence-electron chi connectivity index (χ1n) is 5.83. The maximum atomic E-state index is 5.75. The normalized spacial score (nSPS) is 12.7. The topological polar surface area (TPSA) is 50.9 Å². The summed E-state index contributed by atoms with van der Waals surface area (Å²) in [6, 6.07) is 12.2. The van der Waals surface area contributed by atoms with Gasteiger partial charge in [0.2, 0.25) is 0 Å². The molecule has 1 unspecified atom stereocenters. The monoisotopic (exact) mass is 333 g/mol. The lowest BCUT2D eigenvalue weighted by molar-refractivity contribution is 0.649. The van der Waals surface area contributed by atoms with Crippen molar-refractivity contribution < 1.29 is 0 Å². The number of para-hydroxylation sites is 1. The number of benzene rings is 1. The van der Waals surface area contributed by atoms with Crippen LogP contribution in [-0.4, -0.2) is 4.98 Å². The van der Waals surface area contributed by atoms with Crippen LogP contribution in [0.3, 0.4) is 0 Å². The van der Waals surface area contributed by atoms with Crippen LogP contribution in [0.2, 0.25) is 0 Å². The van der Waals surface area contributed by atoms with Gasteiger partial charge in [0.1, 0.15) is 0 Å². The molecule has 3 aromatic rings. The molecule has 0 saturated heterocycles. The molecule has 3 N–H and O–H groups in total. The number of rotatable bonds is 3. The highest BCUT2D eigenvalue weighted by Crippen LogP contribution is 2.32. The van der Waals surface area contributed by atoms with Gasteiger partial charge in [0.05, 0.1) is 11.6 Å². The van der Waals surface area contributed by atoms with E-state index in [0.29, 0.717) is 0 Å². The number of nitrogens with zero attached hydrogens (tertiary/aromatic N) is 1. The molecule has 2 heterocycles. The van der Waals surface area contributed by atoms with Crippen molar-refractivity contribution in [2.45, 2.75) is 6.04 Å².